The Balaban J connectivity index is 1.25. The van der Waals surface area contributed by atoms with Gasteiger partial charge in [-0.15, -0.1) is 0 Å². The summed E-state index contributed by atoms with van der Waals surface area (Å²) in [7, 11) is 1.94. The van der Waals surface area contributed by atoms with Crippen LogP contribution in [0.4, 0.5) is 8.78 Å². The Hall–Kier alpha value is -2.78. The predicted molar refractivity (Wildman–Crippen MR) is 121 cm³/mol. The fourth-order valence-corrected chi connectivity index (χ4v) is 5.69. The van der Waals surface area contributed by atoms with E-state index in [1.165, 1.54) is 18.2 Å². The minimum atomic E-state index is -0.883. The van der Waals surface area contributed by atoms with E-state index >= 15 is 0 Å². The first-order valence-electron chi connectivity index (χ1n) is 11.4. The van der Waals surface area contributed by atoms with Crippen LogP contribution in [-0.2, 0) is 13.1 Å². The van der Waals surface area contributed by atoms with Crippen LogP contribution >= 0.6 is 11.6 Å². The van der Waals surface area contributed by atoms with Crippen molar-refractivity contribution in [2.75, 3.05) is 7.05 Å². The van der Waals surface area contributed by atoms with Crippen LogP contribution in [0.25, 0.3) is 5.65 Å². The molecule has 0 spiro atoms. The Bertz CT molecular complexity index is 1310. The van der Waals surface area contributed by atoms with Gasteiger partial charge in [0.15, 0.2) is 5.65 Å². The van der Waals surface area contributed by atoms with Crippen LogP contribution in [-0.4, -0.2) is 61.7 Å². The average molecular weight is 488 g/mol. The molecule has 0 saturated carbocycles. The Kier molecular flexibility index (Phi) is 5.04. The number of piperidine rings is 1. The van der Waals surface area contributed by atoms with Gasteiger partial charge in [0.1, 0.15) is 23.8 Å². The van der Waals surface area contributed by atoms with Gasteiger partial charge in [-0.3, -0.25) is 9.69 Å². The molecule has 178 valence electrons. The number of carbonyl (C=O) groups is 1. The van der Waals surface area contributed by atoms with Crippen molar-refractivity contribution in [1.29, 1.82) is 0 Å². The molecular weight excluding hydrogens is 464 g/mol. The van der Waals surface area contributed by atoms with Crippen molar-refractivity contribution in [2.45, 2.75) is 63.6 Å². The Morgan fingerprint density at radius 1 is 1.24 bits per heavy atom. The molecule has 1 aromatic carbocycles. The van der Waals surface area contributed by atoms with Crippen LogP contribution in [0.15, 0.2) is 24.4 Å². The highest BCUT2D eigenvalue weighted by atomic mass is 35.5. The van der Waals surface area contributed by atoms with Crippen LogP contribution in [0, 0.1) is 12.7 Å². The number of amides is 1. The Morgan fingerprint density at radius 2 is 2.06 bits per heavy atom. The van der Waals surface area contributed by atoms with E-state index in [0.29, 0.717) is 54.3 Å². The van der Waals surface area contributed by atoms with Crippen molar-refractivity contribution in [2.24, 2.45) is 0 Å². The highest BCUT2D eigenvalue weighted by Gasteiger charge is 2.46. The van der Waals surface area contributed by atoms with Gasteiger partial charge in [0.25, 0.3) is 5.91 Å². The fourth-order valence-electron chi connectivity index (χ4n) is 5.56. The first-order valence-corrected chi connectivity index (χ1v) is 11.8. The molecular formula is C24H24ClF2N5O2. The zero-order chi connectivity index (χ0) is 23.7. The van der Waals surface area contributed by atoms with E-state index < -0.39 is 12.0 Å². The number of fused-ring (bicyclic) bond motifs is 5. The zero-order valence-electron chi connectivity index (χ0n) is 18.8. The SMILES string of the molecule is Cc1nc2c3c(nn2cc1Cl)CN(C(=O)c1ccc(F)cc1O[C@@H]1CC2CC(F)C(C1)N2C)C3. The smallest absolute Gasteiger partial charge is 0.258 e. The third kappa shape index (κ3) is 3.44. The average Bonchev–Trinajstić information content (AvgIpc) is 3.37. The summed E-state index contributed by atoms with van der Waals surface area (Å²) in [4.78, 5) is 21.7. The number of aryl methyl sites for hydroxylation is 1. The van der Waals surface area contributed by atoms with Gasteiger partial charge >= 0.3 is 0 Å². The van der Waals surface area contributed by atoms with Gasteiger partial charge < -0.3 is 9.64 Å². The molecule has 2 aromatic heterocycles. The molecule has 0 radical (unpaired) electrons. The lowest BCUT2D eigenvalue weighted by atomic mass is 10.00. The number of aromatic nitrogens is 3. The van der Waals surface area contributed by atoms with E-state index in [1.807, 2.05) is 14.0 Å². The number of hydrogen-bond acceptors (Lipinski definition) is 5. The lowest BCUT2D eigenvalue weighted by Gasteiger charge is -2.36. The standard InChI is InChI=1S/C24H24ClF2N5O2/c1-12-18(25)10-32-23(28-12)17-9-31(11-20(17)29-32)24(33)16-4-3-13(26)5-22(16)34-15-6-14-7-19(27)21(8-15)30(14)2/h3-5,10,14-15,19,21H,6-9,11H2,1-2H3/t14?,15-,19?,21?/m1/s1. The van der Waals surface area contributed by atoms with Crippen LogP contribution in [0.3, 0.4) is 0 Å². The second kappa shape index (κ2) is 7.88. The normalized spacial score (nSPS) is 26.3. The van der Waals surface area contributed by atoms with Crippen molar-refractivity contribution < 1.29 is 18.3 Å². The predicted octanol–water partition coefficient (Wildman–Crippen LogP) is 3.94. The van der Waals surface area contributed by atoms with Crippen LogP contribution in [0.5, 0.6) is 5.75 Å². The molecule has 3 aliphatic rings. The minimum Gasteiger partial charge on any atom is -0.489 e. The minimum absolute atomic E-state index is 0.0980. The van der Waals surface area contributed by atoms with E-state index in [-0.39, 0.29) is 29.8 Å². The van der Waals surface area contributed by atoms with Gasteiger partial charge in [0, 0.05) is 30.1 Å². The summed E-state index contributed by atoms with van der Waals surface area (Å²) >= 11 is 6.16. The Labute approximate surface area is 200 Å². The highest BCUT2D eigenvalue weighted by Crippen LogP contribution is 2.39. The highest BCUT2D eigenvalue weighted by molar-refractivity contribution is 6.31. The second-order valence-corrected chi connectivity index (χ2v) is 9.93. The molecule has 0 N–H and O–H groups in total. The molecule has 10 heteroatoms. The van der Waals surface area contributed by atoms with E-state index in [9.17, 15) is 13.6 Å². The van der Waals surface area contributed by atoms with E-state index in [2.05, 4.69) is 15.0 Å². The van der Waals surface area contributed by atoms with Gasteiger partial charge in [0.05, 0.1) is 41.3 Å². The molecule has 4 atom stereocenters. The molecule has 3 aromatic rings. The van der Waals surface area contributed by atoms with Crippen molar-refractivity contribution in [3.63, 3.8) is 0 Å². The molecule has 5 heterocycles. The number of ether oxygens (including phenoxy) is 1. The van der Waals surface area contributed by atoms with E-state index in [1.54, 1.807) is 15.6 Å². The van der Waals surface area contributed by atoms with Gasteiger partial charge in [0.2, 0.25) is 0 Å². The molecule has 2 fully saturated rings. The second-order valence-electron chi connectivity index (χ2n) is 9.52. The fraction of sp³-hybridized carbons (Fsp3) is 0.458. The van der Waals surface area contributed by atoms with Crippen molar-refractivity contribution >= 4 is 23.2 Å². The number of carbonyl (C=O) groups excluding carboxylic acids is 1. The molecule has 3 aliphatic heterocycles. The van der Waals surface area contributed by atoms with Crippen molar-refractivity contribution in [3.05, 3.63) is 57.8 Å². The summed E-state index contributed by atoms with van der Waals surface area (Å²) in [6.45, 7) is 2.47. The van der Waals surface area contributed by atoms with Gasteiger partial charge in [-0.05, 0) is 38.9 Å². The zero-order valence-corrected chi connectivity index (χ0v) is 19.6. The number of hydrogen-bond donors (Lipinski definition) is 0. The molecule has 7 nitrogen and oxygen atoms in total. The Morgan fingerprint density at radius 3 is 2.85 bits per heavy atom. The van der Waals surface area contributed by atoms with E-state index in [0.717, 1.165) is 11.3 Å². The molecule has 6 rings (SSSR count). The molecule has 2 saturated heterocycles. The third-order valence-electron chi connectivity index (χ3n) is 7.42. The summed E-state index contributed by atoms with van der Waals surface area (Å²) < 4.78 is 36.3. The van der Waals surface area contributed by atoms with Gasteiger partial charge in [-0.2, -0.15) is 5.10 Å². The topological polar surface area (TPSA) is 63.0 Å². The van der Waals surface area contributed by atoms with E-state index in [4.69, 9.17) is 16.3 Å². The summed E-state index contributed by atoms with van der Waals surface area (Å²) in [6, 6.07) is 3.86. The number of rotatable bonds is 3. The monoisotopic (exact) mass is 487 g/mol. The molecule has 3 unspecified atom stereocenters. The molecule has 34 heavy (non-hydrogen) atoms. The van der Waals surface area contributed by atoms with Crippen LogP contribution in [0.1, 0.15) is 46.6 Å². The van der Waals surface area contributed by atoms with Gasteiger partial charge in [-0.25, -0.2) is 18.3 Å². The quantitative estimate of drug-likeness (QED) is 0.560. The maximum absolute atomic E-state index is 14.3. The summed E-state index contributed by atoms with van der Waals surface area (Å²) in [6.07, 6.45) is 2.22. The van der Waals surface area contributed by atoms with Crippen LogP contribution in [0.2, 0.25) is 5.02 Å². The summed E-state index contributed by atoms with van der Waals surface area (Å²) in [5, 5.41) is 5.06. The lowest BCUT2D eigenvalue weighted by molar-refractivity contribution is 0.0531. The van der Waals surface area contributed by atoms with Gasteiger partial charge in [-0.1, -0.05) is 11.6 Å². The third-order valence-corrected chi connectivity index (χ3v) is 7.79. The molecule has 2 bridgehead atoms. The lowest BCUT2D eigenvalue weighted by Crippen LogP contribution is -2.45. The summed E-state index contributed by atoms with van der Waals surface area (Å²) in [5.74, 6) is -0.547. The summed E-state index contributed by atoms with van der Waals surface area (Å²) in [5.41, 5.74) is 3.29. The van der Waals surface area contributed by atoms with Crippen LogP contribution < -0.4 is 4.74 Å². The first kappa shape index (κ1) is 21.7. The number of alkyl halides is 1. The number of benzene rings is 1. The largest absolute Gasteiger partial charge is 0.489 e. The molecule has 0 aliphatic carbocycles. The maximum Gasteiger partial charge on any atom is 0.258 e. The number of halogens is 3. The number of nitrogens with zero attached hydrogens (tertiary/aromatic N) is 5. The van der Waals surface area contributed by atoms with Crippen molar-refractivity contribution in [3.8, 4) is 5.75 Å². The molecule has 1 amide bonds. The maximum atomic E-state index is 14.3. The first-order chi connectivity index (χ1) is 16.3. The van der Waals surface area contributed by atoms with Crippen molar-refractivity contribution in [1.82, 2.24) is 24.4 Å².